The number of para-hydroxylation sites is 1. The van der Waals surface area contributed by atoms with E-state index in [1.807, 2.05) is 73.1 Å². The van der Waals surface area contributed by atoms with Gasteiger partial charge in [0, 0.05) is 12.1 Å². The number of hydrogen-bond donors (Lipinski definition) is 2. The zero-order valence-electron chi connectivity index (χ0n) is 16.7. The number of nitrogens with zero attached hydrogens (tertiary/aromatic N) is 2. The van der Waals surface area contributed by atoms with Gasteiger partial charge in [0.1, 0.15) is 17.9 Å². The van der Waals surface area contributed by atoms with Gasteiger partial charge in [-0.05, 0) is 49.2 Å². The van der Waals surface area contributed by atoms with Gasteiger partial charge in [-0.3, -0.25) is 4.79 Å². The number of aromatic nitrogens is 2. The van der Waals surface area contributed by atoms with Crippen molar-refractivity contribution in [2.75, 3.05) is 13.2 Å². The highest BCUT2D eigenvalue weighted by atomic mass is 16.5. The highest BCUT2D eigenvalue weighted by molar-refractivity contribution is 5.79. The average molecular weight is 391 g/mol. The van der Waals surface area contributed by atoms with Crippen molar-refractivity contribution in [3.8, 4) is 11.4 Å². The topological polar surface area (TPSA) is 76.4 Å². The summed E-state index contributed by atoms with van der Waals surface area (Å²) in [6.45, 7) is 4.06. The molecule has 0 saturated carbocycles. The van der Waals surface area contributed by atoms with E-state index in [1.54, 1.807) is 0 Å². The fraction of sp³-hybridized carbons (Fsp3) is 0.304. The van der Waals surface area contributed by atoms with Crippen LogP contribution in [0.3, 0.4) is 0 Å². The van der Waals surface area contributed by atoms with Gasteiger partial charge in [0.05, 0.1) is 24.4 Å². The van der Waals surface area contributed by atoms with E-state index < -0.39 is 5.54 Å². The molecular weight excluding hydrogens is 366 g/mol. The maximum Gasteiger partial charge on any atom is 0.225 e. The van der Waals surface area contributed by atoms with Crippen molar-refractivity contribution in [3.63, 3.8) is 0 Å². The minimum absolute atomic E-state index is 0.138. The van der Waals surface area contributed by atoms with Crippen LogP contribution in [0.2, 0.25) is 0 Å². The highest BCUT2D eigenvalue weighted by Crippen LogP contribution is 2.29. The van der Waals surface area contributed by atoms with Crippen LogP contribution in [0.25, 0.3) is 5.69 Å². The molecule has 1 unspecified atom stereocenters. The number of amides is 1. The Kier molecular flexibility index (Phi) is 5.11. The predicted molar refractivity (Wildman–Crippen MR) is 110 cm³/mol. The van der Waals surface area contributed by atoms with Crippen LogP contribution in [0, 0.1) is 13.8 Å². The Morgan fingerprint density at radius 3 is 2.66 bits per heavy atom. The molecule has 1 aliphatic rings. The van der Waals surface area contributed by atoms with E-state index in [2.05, 4.69) is 10.4 Å². The molecule has 2 N–H and O–H groups in total. The second-order valence-electron chi connectivity index (χ2n) is 7.74. The number of aliphatic hydroxyl groups excluding tert-OH is 1. The smallest absolute Gasteiger partial charge is 0.225 e. The van der Waals surface area contributed by atoms with Crippen molar-refractivity contribution in [1.29, 1.82) is 0 Å². The Hall–Kier alpha value is -3.12. The molecule has 1 aliphatic heterocycles. The Labute approximate surface area is 170 Å². The Morgan fingerprint density at radius 1 is 1.21 bits per heavy atom. The van der Waals surface area contributed by atoms with Crippen molar-refractivity contribution in [2.24, 2.45) is 0 Å². The van der Waals surface area contributed by atoms with E-state index in [1.165, 1.54) is 0 Å². The van der Waals surface area contributed by atoms with Crippen molar-refractivity contribution < 1.29 is 14.6 Å². The van der Waals surface area contributed by atoms with E-state index in [0.717, 1.165) is 34.0 Å². The predicted octanol–water partition coefficient (Wildman–Crippen LogP) is 2.51. The number of aryl methyl sites for hydroxylation is 2. The van der Waals surface area contributed by atoms with Crippen molar-refractivity contribution in [1.82, 2.24) is 15.1 Å². The molecule has 1 amide bonds. The number of ether oxygens (including phenoxy) is 1. The lowest BCUT2D eigenvalue weighted by atomic mass is 9.89. The molecule has 6 heteroatoms. The molecule has 4 rings (SSSR count). The van der Waals surface area contributed by atoms with Crippen LogP contribution in [-0.4, -0.2) is 39.5 Å². The molecule has 150 valence electrons. The van der Waals surface area contributed by atoms with Gasteiger partial charge in [-0.15, -0.1) is 0 Å². The molecule has 29 heavy (non-hydrogen) atoms. The van der Waals surface area contributed by atoms with E-state index in [0.29, 0.717) is 6.42 Å². The molecule has 0 fully saturated rings. The third kappa shape index (κ3) is 4.03. The van der Waals surface area contributed by atoms with E-state index in [9.17, 15) is 9.90 Å². The van der Waals surface area contributed by atoms with Crippen LogP contribution in [0.5, 0.6) is 5.75 Å². The lowest BCUT2D eigenvalue weighted by Crippen LogP contribution is -2.58. The van der Waals surface area contributed by atoms with Crippen LogP contribution in [-0.2, 0) is 17.6 Å². The first-order chi connectivity index (χ1) is 14.0. The molecule has 6 nitrogen and oxygen atoms in total. The van der Waals surface area contributed by atoms with Gasteiger partial charge < -0.3 is 15.2 Å². The van der Waals surface area contributed by atoms with Crippen LogP contribution in [0.1, 0.15) is 22.5 Å². The number of nitrogens with one attached hydrogen (secondary N) is 1. The molecule has 3 aromatic rings. The minimum Gasteiger partial charge on any atom is -0.491 e. The summed E-state index contributed by atoms with van der Waals surface area (Å²) in [4.78, 5) is 12.7. The average Bonchev–Trinajstić information content (AvgIpc) is 3.06. The minimum atomic E-state index is -0.797. The van der Waals surface area contributed by atoms with Gasteiger partial charge in [-0.1, -0.05) is 30.3 Å². The standard InChI is InChI=1S/C23H25N3O3/c1-16-11-17(2)26(25-16)20-9-7-18(8-10-20)12-22(28)24-23(14-27)13-19-5-3-4-6-21(19)29-15-23/h3-11,27H,12-15H2,1-2H3,(H,24,28). The number of fused-ring (bicyclic) bond motifs is 1. The number of carbonyl (C=O) groups excluding carboxylic acids is 1. The Morgan fingerprint density at radius 2 is 1.97 bits per heavy atom. The van der Waals surface area contributed by atoms with Crippen molar-refractivity contribution in [2.45, 2.75) is 32.2 Å². The molecule has 1 atom stereocenters. The number of hydrogen-bond acceptors (Lipinski definition) is 4. The number of rotatable bonds is 5. The van der Waals surface area contributed by atoms with E-state index in [4.69, 9.17) is 4.74 Å². The zero-order valence-corrected chi connectivity index (χ0v) is 16.7. The summed E-state index contributed by atoms with van der Waals surface area (Å²) >= 11 is 0. The summed E-state index contributed by atoms with van der Waals surface area (Å²) in [5.41, 5.74) is 4.09. The highest BCUT2D eigenvalue weighted by Gasteiger charge is 2.36. The van der Waals surface area contributed by atoms with Crippen LogP contribution >= 0.6 is 0 Å². The third-order valence-corrected chi connectivity index (χ3v) is 5.27. The van der Waals surface area contributed by atoms with Gasteiger partial charge in [0.25, 0.3) is 0 Å². The molecular formula is C23H25N3O3. The second kappa shape index (κ2) is 7.72. The summed E-state index contributed by atoms with van der Waals surface area (Å²) < 4.78 is 7.66. The lowest BCUT2D eigenvalue weighted by Gasteiger charge is -2.37. The summed E-state index contributed by atoms with van der Waals surface area (Å²) in [6, 6.07) is 17.5. The maximum absolute atomic E-state index is 12.7. The molecule has 2 aromatic carbocycles. The number of aliphatic hydroxyl groups is 1. The van der Waals surface area contributed by atoms with Gasteiger partial charge in [-0.2, -0.15) is 5.10 Å². The molecule has 0 aliphatic carbocycles. The van der Waals surface area contributed by atoms with Crippen molar-refractivity contribution >= 4 is 5.91 Å². The van der Waals surface area contributed by atoms with Crippen molar-refractivity contribution in [3.05, 3.63) is 77.1 Å². The quantitative estimate of drug-likeness (QED) is 0.701. The fourth-order valence-electron chi connectivity index (χ4n) is 3.81. The van der Waals surface area contributed by atoms with Crippen LogP contribution in [0.15, 0.2) is 54.6 Å². The molecule has 0 bridgehead atoms. The summed E-state index contributed by atoms with van der Waals surface area (Å²) in [7, 11) is 0. The first-order valence-electron chi connectivity index (χ1n) is 9.73. The SMILES string of the molecule is Cc1cc(C)n(-c2ccc(CC(=O)NC3(CO)COc4ccccc4C3)cc2)n1. The first-order valence-corrected chi connectivity index (χ1v) is 9.73. The first kappa shape index (κ1) is 19.2. The zero-order chi connectivity index (χ0) is 20.4. The normalized spacial score (nSPS) is 18.0. The largest absolute Gasteiger partial charge is 0.491 e. The van der Waals surface area contributed by atoms with Gasteiger partial charge >= 0.3 is 0 Å². The third-order valence-electron chi connectivity index (χ3n) is 5.27. The fourth-order valence-corrected chi connectivity index (χ4v) is 3.81. The second-order valence-corrected chi connectivity index (χ2v) is 7.74. The number of carbonyl (C=O) groups is 1. The summed E-state index contributed by atoms with van der Waals surface area (Å²) in [6.07, 6.45) is 0.781. The maximum atomic E-state index is 12.7. The van der Waals surface area contributed by atoms with Gasteiger partial charge in [0.15, 0.2) is 0 Å². The van der Waals surface area contributed by atoms with Gasteiger partial charge in [-0.25, -0.2) is 4.68 Å². The Bertz CT molecular complexity index is 1030. The molecule has 1 aromatic heterocycles. The Balaban J connectivity index is 1.43. The molecule has 0 spiro atoms. The summed E-state index contributed by atoms with van der Waals surface area (Å²) in [5, 5.41) is 17.4. The van der Waals surface area contributed by atoms with E-state index in [-0.39, 0.29) is 25.5 Å². The van der Waals surface area contributed by atoms with E-state index >= 15 is 0 Å². The molecule has 0 saturated heterocycles. The number of benzene rings is 2. The summed E-state index contributed by atoms with van der Waals surface area (Å²) in [5.74, 6) is 0.673. The van der Waals surface area contributed by atoms with Crippen LogP contribution < -0.4 is 10.1 Å². The monoisotopic (exact) mass is 391 g/mol. The van der Waals surface area contributed by atoms with Crippen LogP contribution in [0.4, 0.5) is 0 Å². The molecule has 0 radical (unpaired) electrons. The lowest BCUT2D eigenvalue weighted by molar-refractivity contribution is -0.123. The molecule has 2 heterocycles. The van der Waals surface area contributed by atoms with Gasteiger partial charge in [0.2, 0.25) is 5.91 Å².